The fraction of sp³-hybridized carbons (Fsp3) is 0.387. The molecule has 2 aliphatic rings. The van der Waals surface area contributed by atoms with Gasteiger partial charge in [0.2, 0.25) is 0 Å². The Bertz CT molecular complexity index is 1260. The Morgan fingerprint density at radius 1 is 1.08 bits per heavy atom. The molecule has 0 radical (unpaired) electrons. The molecule has 0 aromatic heterocycles. The number of nitrogens with one attached hydrogen (secondary N) is 1. The first-order valence-electron chi connectivity index (χ1n) is 13.2. The van der Waals surface area contributed by atoms with E-state index in [-0.39, 0.29) is 12.2 Å². The molecule has 6 heteroatoms. The molecule has 0 bridgehead atoms. The van der Waals surface area contributed by atoms with Crippen LogP contribution in [0.4, 0.5) is 0 Å². The third-order valence-electron chi connectivity index (χ3n) is 7.08. The number of rotatable bonds is 10. The van der Waals surface area contributed by atoms with Crippen molar-refractivity contribution in [2.45, 2.75) is 57.8 Å². The third kappa shape index (κ3) is 5.75. The molecule has 1 fully saturated rings. The van der Waals surface area contributed by atoms with Gasteiger partial charge in [-0.25, -0.2) is 4.79 Å². The minimum atomic E-state index is -0.860. The summed E-state index contributed by atoms with van der Waals surface area (Å²) in [5.74, 6) is 1.55. The highest BCUT2D eigenvalue weighted by Crippen LogP contribution is 2.33. The average molecular weight is 502 g/mol. The molecule has 194 valence electrons. The molecule has 2 heterocycles. The third-order valence-corrected chi connectivity index (χ3v) is 7.08. The molecular weight excluding hydrogens is 466 g/mol. The molecule has 6 nitrogen and oxygen atoms in total. The number of allylic oxidation sites excluding steroid dienone is 2. The van der Waals surface area contributed by atoms with Crippen molar-refractivity contribution in [2.75, 3.05) is 19.8 Å². The maximum absolute atomic E-state index is 12.6. The van der Waals surface area contributed by atoms with E-state index in [9.17, 15) is 4.79 Å². The maximum atomic E-state index is 12.6. The van der Waals surface area contributed by atoms with Gasteiger partial charge in [0.1, 0.15) is 11.5 Å². The number of carbonyl (C=O) groups excluding carboxylic acids is 1. The number of ether oxygens (including phenoxy) is 4. The van der Waals surface area contributed by atoms with Crippen LogP contribution in [0, 0.1) is 0 Å². The summed E-state index contributed by atoms with van der Waals surface area (Å²) in [5, 5.41) is 5.71. The molecule has 3 aromatic carbocycles. The molecule has 2 atom stereocenters. The lowest BCUT2D eigenvalue weighted by molar-refractivity contribution is -0.166. The fourth-order valence-electron chi connectivity index (χ4n) is 5.14. The van der Waals surface area contributed by atoms with Crippen LogP contribution in [0.3, 0.4) is 0 Å². The molecule has 2 aliphatic heterocycles. The summed E-state index contributed by atoms with van der Waals surface area (Å²) in [6.07, 6.45) is 3.74. The van der Waals surface area contributed by atoms with Crippen molar-refractivity contribution in [3.05, 3.63) is 89.3 Å². The largest absolute Gasteiger partial charge is 0.494 e. The zero-order valence-corrected chi connectivity index (χ0v) is 21.6. The average Bonchev–Trinajstić information content (AvgIpc) is 3.54. The van der Waals surface area contributed by atoms with Crippen LogP contribution in [0.5, 0.6) is 5.75 Å². The van der Waals surface area contributed by atoms with E-state index in [2.05, 4.69) is 47.8 Å². The van der Waals surface area contributed by atoms with Gasteiger partial charge < -0.3 is 24.3 Å². The van der Waals surface area contributed by atoms with E-state index in [0.29, 0.717) is 32.7 Å². The molecule has 1 saturated heterocycles. The molecule has 1 N–H and O–H groups in total. The van der Waals surface area contributed by atoms with E-state index in [0.717, 1.165) is 58.4 Å². The van der Waals surface area contributed by atoms with Gasteiger partial charge in [-0.2, -0.15) is 0 Å². The Kier molecular flexibility index (Phi) is 7.65. The lowest BCUT2D eigenvalue weighted by atomic mass is 9.90. The zero-order chi connectivity index (χ0) is 25.7. The van der Waals surface area contributed by atoms with Crippen molar-refractivity contribution in [1.29, 1.82) is 0 Å². The van der Waals surface area contributed by atoms with Gasteiger partial charge in [0.15, 0.2) is 11.8 Å². The maximum Gasteiger partial charge on any atom is 0.338 e. The van der Waals surface area contributed by atoms with Gasteiger partial charge in [0.25, 0.3) is 0 Å². The summed E-state index contributed by atoms with van der Waals surface area (Å²) in [4.78, 5) is 12.6. The Morgan fingerprint density at radius 3 is 2.68 bits per heavy atom. The molecule has 3 aromatic rings. The van der Waals surface area contributed by atoms with Gasteiger partial charge in [0, 0.05) is 18.6 Å². The Balaban J connectivity index is 1.15. The van der Waals surface area contributed by atoms with Gasteiger partial charge in [-0.15, -0.1) is 0 Å². The van der Waals surface area contributed by atoms with Crippen LogP contribution in [0.2, 0.25) is 0 Å². The summed E-state index contributed by atoms with van der Waals surface area (Å²) < 4.78 is 23.3. The van der Waals surface area contributed by atoms with Crippen molar-refractivity contribution >= 4 is 16.7 Å². The molecule has 37 heavy (non-hydrogen) atoms. The normalized spacial score (nSPS) is 21.1. The number of fused-ring (bicyclic) bond motifs is 1. The highest BCUT2D eigenvalue weighted by molar-refractivity contribution is 5.85. The van der Waals surface area contributed by atoms with Gasteiger partial charge in [-0.05, 0) is 68.0 Å². The van der Waals surface area contributed by atoms with Crippen molar-refractivity contribution in [1.82, 2.24) is 5.32 Å². The van der Waals surface area contributed by atoms with E-state index >= 15 is 0 Å². The predicted octanol–water partition coefficient (Wildman–Crippen LogP) is 6.20. The van der Waals surface area contributed by atoms with Crippen LogP contribution in [-0.2, 0) is 25.4 Å². The second-order valence-corrected chi connectivity index (χ2v) is 9.73. The summed E-state index contributed by atoms with van der Waals surface area (Å²) in [5.41, 5.74) is 2.47. The molecule has 0 spiro atoms. The first-order valence-corrected chi connectivity index (χ1v) is 13.2. The topological polar surface area (TPSA) is 66.0 Å². The Hall–Kier alpha value is -3.51. The Labute approximate surface area is 218 Å². The standard InChI is InChI=1S/C31H35NO5/c1-3-34-30(33)31(16-8-18-36-31)21-23-12-13-26-20-27(15-14-25(26)19-23)35-17-7-11-28-22(2)37-29(32-28)24-9-5-4-6-10-24/h4-6,9-10,12-15,19-20,29,32H,3,7-8,11,16-18,21H2,1-2H3. The van der Waals surface area contributed by atoms with E-state index < -0.39 is 5.60 Å². The van der Waals surface area contributed by atoms with Crippen LogP contribution in [0.15, 0.2) is 78.2 Å². The lowest BCUT2D eigenvalue weighted by Gasteiger charge is -2.26. The minimum Gasteiger partial charge on any atom is -0.494 e. The van der Waals surface area contributed by atoms with E-state index in [4.69, 9.17) is 18.9 Å². The molecule has 5 rings (SSSR count). The summed E-state index contributed by atoms with van der Waals surface area (Å²) in [7, 11) is 0. The van der Waals surface area contributed by atoms with Gasteiger partial charge in [0.05, 0.1) is 18.9 Å². The van der Waals surface area contributed by atoms with Crippen molar-refractivity contribution in [3.63, 3.8) is 0 Å². The molecule has 2 unspecified atom stereocenters. The highest BCUT2D eigenvalue weighted by Gasteiger charge is 2.44. The molecular formula is C31H35NO5. The lowest BCUT2D eigenvalue weighted by Crippen LogP contribution is -2.41. The summed E-state index contributed by atoms with van der Waals surface area (Å²) in [6.45, 7) is 5.42. The number of benzene rings is 3. The highest BCUT2D eigenvalue weighted by atomic mass is 16.6. The smallest absolute Gasteiger partial charge is 0.338 e. The van der Waals surface area contributed by atoms with Crippen LogP contribution in [-0.4, -0.2) is 31.4 Å². The number of carbonyl (C=O) groups is 1. The number of esters is 1. The van der Waals surface area contributed by atoms with Crippen LogP contribution in [0.1, 0.15) is 56.9 Å². The van der Waals surface area contributed by atoms with E-state index in [1.807, 2.05) is 38.1 Å². The first kappa shape index (κ1) is 25.2. The van der Waals surface area contributed by atoms with Crippen LogP contribution < -0.4 is 10.1 Å². The zero-order valence-electron chi connectivity index (χ0n) is 21.6. The minimum absolute atomic E-state index is 0.116. The quantitative estimate of drug-likeness (QED) is 0.263. The van der Waals surface area contributed by atoms with Crippen molar-refractivity contribution in [2.24, 2.45) is 0 Å². The molecule has 0 amide bonds. The first-order chi connectivity index (χ1) is 18.1. The van der Waals surface area contributed by atoms with Crippen molar-refractivity contribution < 1.29 is 23.7 Å². The molecule has 0 aliphatic carbocycles. The predicted molar refractivity (Wildman–Crippen MR) is 143 cm³/mol. The van der Waals surface area contributed by atoms with E-state index in [1.54, 1.807) is 0 Å². The monoisotopic (exact) mass is 501 g/mol. The van der Waals surface area contributed by atoms with Gasteiger partial charge in [-0.3, -0.25) is 0 Å². The number of hydrogen-bond donors (Lipinski definition) is 1. The van der Waals surface area contributed by atoms with E-state index in [1.165, 1.54) is 0 Å². The summed E-state index contributed by atoms with van der Waals surface area (Å²) in [6, 6.07) is 22.6. The number of hydrogen-bond acceptors (Lipinski definition) is 6. The van der Waals surface area contributed by atoms with Crippen LogP contribution in [0.25, 0.3) is 10.8 Å². The SMILES string of the molecule is CCOC(=O)C1(Cc2ccc3cc(OCCCC4=C(C)OC(c5ccccc5)N4)ccc3c2)CCCO1. The van der Waals surface area contributed by atoms with Gasteiger partial charge >= 0.3 is 5.97 Å². The molecule has 0 saturated carbocycles. The second-order valence-electron chi connectivity index (χ2n) is 9.73. The van der Waals surface area contributed by atoms with Crippen LogP contribution >= 0.6 is 0 Å². The van der Waals surface area contributed by atoms with Gasteiger partial charge in [-0.1, -0.05) is 54.6 Å². The Morgan fingerprint density at radius 2 is 1.89 bits per heavy atom. The second kappa shape index (κ2) is 11.3. The van der Waals surface area contributed by atoms with Crippen molar-refractivity contribution in [3.8, 4) is 5.75 Å². The summed E-state index contributed by atoms with van der Waals surface area (Å²) >= 11 is 0. The fourth-order valence-corrected chi connectivity index (χ4v) is 5.14.